The van der Waals surface area contributed by atoms with Crippen molar-refractivity contribution in [3.05, 3.63) is 22.5 Å². The minimum atomic E-state index is -0.707. The largest absolute Gasteiger partial charge is 0.473 e. The predicted molar refractivity (Wildman–Crippen MR) is 154 cm³/mol. The normalized spacial score (nSPS) is 25.2. The Kier molecular flexibility index (Phi) is 11.2. The Bertz CT molecular complexity index is 1110. The van der Waals surface area contributed by atoms with Crippen molar-refractivity contribution < 1.29 is 28.6 Å². The second-order valence-corrected chi connectivity index (χ2v) is 11.9. The maximum Gasteiger partial charge on any atom is 0.407 e. The summed E-state index contributed by atoms with van der Waals surface area (Å²) >= 11 is 0. The number of alkyl carbamates (subject to hydrolysis) is 1. The van der Waals surface area contributed by atoms with Crippen LogP contribution in [0.3, 0.4) is 0 Å². The number of likely N-dealkylation sites (tertiary alicyclic amines) is 1. The summed E-state index contributed by atoms with van der Waals surface area (Å²) in [5.41, 5.74) is -0.184. The number of aromatic nitrogens is 1. The lowest BCUT2D eigenvalue weighted by Gasteiger charge is -2.24. The SMILES string of the molecule is [B]c1ccc(O[C@@H]2C[C@@H](C(=O)OC)N(C=O)C2)n(CCCCC[C@@H]2CCC[C@H]2OC(=O)N[C@H](C)C2CCCC2)c1=O. The smallest absolute Gasteiger partial charge is 0.407 e. The highest BCUT2D eigenvalue weighted by atomic mass is 16.6. The van der Waals surface area contributed by atoms with Gasteiger partial charge in [-0.1, -0.05) is 31.7 Å². The number of hydrogen-bond acceptors (Lipinski definition) is 7. The number of ether oxygens (including phenoxy) is 3. The molecule has 41 heavy (non-hydrogen) atoms. The van der Waals surface area contributed by atoms with Crippen molar-refractivity contribution in [3.63, 3.8) is 0 Å². The molecule has 3 fully saturated rings. The molecule has 1 N–H and O–H groups in total. The Morgan fingerprint density at radius 3 is 2.63 bits per heavy atom. The Labute approximate surface area is 243 Å². The first-order valence-electron chi connectivity index (χ1n) is 15.2. The number of hydrogen-bond donors (Lipinski definition) is 1. The maximum atomic E-state index is 12.8. The van der Waals surface area contributed by atoms with Crippen molar-refractivity contribution in [2.75, 3.05) is 13.7 Å². The maximum absolute atomic E-state index is 12.8. The van der Waals surface area contributed by atoms with E-state index in [0.29, 0.717) is 30.7 Å². The molecule has 2 amide bonds. The van der Waals surface area contributed by atoms with Crippen LogP contribution in [0.1, 0.15) is 84.0 Å². The average molecular weight is 570 g/mol. The fourth-order valence-corrected chi connectivity index (χ4v) is 6.73. The number of amides is 2. The Morgan fingerprint density at radius 1 is 1.12 bits per heavy atom. The van der Waals surface area contributed by atoms with Crippen LogP contribution in [0.5, 0.6) is 5.88 Å². The lowest BCUT2D eigenvalue weighted by molar-refractivity contribution is -0.148. The lowest BCUT2D eigenvalue weighted by atomic mass is 9.97. The van der Waals surface area contributed by atoms with Crippen LogP contribution < -0.4 is 21.1 Å². The molecule has 2 heterocycles. The van der Waals surface area contributed by atoms with Crippen LogP contribution in [0.25, 0.3) is 0 Å². The van der Waals surface area contributed by atoms with Crippen LogP contribution in [-0.2, 0) is 25.6 Å². The molecule has 5 atom stereocenters. The van der Waals surface area contributed by atoms with E-state index in [1.807, 2.05) is 0 Å². The first kappa shape index (κ1) is 31.0. The van der Waals surface area contributed by atoms with Crippen molar-refractivity contribution in [2.45, 2.75) is 115 Å². The van der Waals surface area contributed by atoms with Crippen molar-refractivity contribution in [1.82, 2.24) is 14.8 Å². The number of nitrogens with one attached hydrogen (secondary N) is 1. The van der Waals surface area contributed by atoms with Crippen LogP contribution in [0.15, 0.2) is 16.9 Å². The summed E-state index contributed by atoms with van der Waals surface area (Å²) in [5, 5.41) is 3.06. The highest BCUT2D eigenvalue weighted by Crippen LogP contribution is 2.33. The van der Waals surface area contributed by atoms with E-state index in [4.69, 9.17) is 22.1 Å². The molecule has 4 rings (SSSR count). The highest BCUT2D eigenvalue weighted by Gasteiger charge is 2.38. The second kappa shape index (κ2) is 14.8. The zero-order chi connectivity index (χ0) is 29.4. The van der Waals surface area contributed by atoms with Gasteiger partial charge in [-0.3, -0.25) is 14.2 Å². The van der Waals surface area contributed by atoms with Crippen LogP contribution >= 0.6 is 0 Å². The molecule has 2 aliphatic carbocycles. The third-order valence-corrected chi connectivity index (χ3v) is 9.12. The standard InChI is InChI=1S/C30H44BN3O7/c1-20(21-9-5-6-10-21)32-30(38)41-26-13-8-12-22(26)11-4-3-7-16-34-27(15-14-24(31)28(34)36)40-23-17-25(29(37)39-2)33(18-23)19-35/h14-15,19-23,25-26H,3-13,16-18H2,1-2H3,(H,32,38)/t20-,22-,23-,25+,26-/m1/s1. The van der Waals surface area contributed by atoms with Gasteiger partial charge in [0.05, 0.1) is 13.7 Å². The van der Waals surface area contributed by atoms with Gasteiger partial charge in [0.1, 0.15) is 26.1 Å². The summed E-state index contributed by atoms with van der Waals surface area (Å²) in [4.78, 5) is 50.2. The molecule has 0 aromatic carbocycles. The molecule has 0 bridgehead atoms. The van der Waals surface area contributed by atoms with Gasteiger partial charge in [0.15, 0.2) is 5.88 Å². The molecular weight excluding hydrogens is 525 g/mol. The summed E-state index contributed by atoms with van der Waals surface area (Å²) in [6, 6.07) is 2.62. The van der Waals surface area contributed by atoms with Crippen molar-refractivity contribution in [2.24, 2.45) is 11.8 Å². The first-order chi connectivity index (χ1) is 19.8. The zero-order valence-corrected chi connectivity index (χ0v) is 24.4. The van der Waals surface area contributed by atoms with Crippen molar-refractivity contribution in [3.8, 4) is 5.88 Å². The molecule has 3 aliphatic rings. The summed E-state index contributed by atoms with van der Waals surface area (Å²) in [5.74, 6) is 0.795. The molecule has 2 radical (unpaired) electrons. The Balaban J connectivity index is 1.23. The molecule has 1 aromatic rings. The number of pyridine rings is 1. The second-order valence-electron chi connectivity index (χ2n) is 11.9. The van der Waals surface area contributed by atoms with Gasteiger partial charge in [0, 0.05) is 19.0 Å². The van der Waals surface area contributed by atoms with Gasteiger partial charge in [-0.2, -0.15) is 0 Å². The van der Waals surface area contributed by atoms with Gasteiger partial charge in [0.2, 0.25) is 12.0 Å². The van der Waals surface area contributed by atoms with E-state index in [-0.39, 0.29) is 42.2 Å². The Hall–Kier alpha value is -2.98. The van der Waals surface area contributed by atoms with Crippen LogP contribution in [0.4, 0.5) is 4.79 Å². The Morgan fingerprint density at radius 2 is 1.90 bits per heavy atom. The summed E-state index contributed by atoms with van der Waals surface area (Å²) in [7, 11) is 7.19. The van der Waals surface area contributed by atoms with Gasteiger partial charge < -0.3 is 24.4 Å². The lowest BCUT2D eigenvalue weighted by Crippen LogP contribution is -2.39. The van der Waals surface area contributed by atoms with Gasteiger partial charge in [-0.25, -0.2) is 9.59 Å². The quantitative estimate of drug-likeness (QED) is 0.168. The number of carbonyl (C=O) groups is 3. The minimum absolute atomic E-state index is 0.0338. The van der Waals surface area contributed by atoms with E-state index in [0.717, 1.165) is 44.9 Å². The van der Waals surface area contributed by atoms with Crippen LogP contribution in [-0.4, -0.2) is 73.7 Å². The van der Waals surface area contributed by atoms with Crippen LogP contribution in [0.2, 0.25) is 0 Å². The van der Waals surface area contributed by atoms with Gasteiger partial charge in [-0.15, -0.1) is 0 Å². The first-order valence-corrected chi connectivity index (χ1v) is 15.2. The zero-order valence-electron chi connectivity index (χ0n) is 24.4. The van der Waals surface area contributed by atoms with E-state index in [2.05, 4.69) is 12.2 Å². The van der Waals surface area contributed by atoms with Gasteiger partial charge in [0.25, 0.3) is 0 Å². The number of nitrogens with zero attached hydrogens (tertiary/aromatic N) is 2. The molecular formula is C30H44BN3O7. The summed E-state index contributed by atoms with van der Waals surface area (Å²) in [6.45, 7) is 2.75. The molecule has 2 saturated carbocycles. The number of unbranched alkanes of at least 4 members (excludes halogenated alkanes) is 2. The number of carbonyl (C=O) groups excluding carboxylic acids is 3. The molecule has 1 saturated heterocycles. The van der Waals surface area contributed by atoms with Crippen molar-refractivity contribution >= 4 is 31.8 Å². The summed E-state index contributed by atoms with van der Waals surface area (Å²) in [6.07, 6.45) is 11.6. The summed E-state index contributed by atoms with van der Waals surface area (Å²) < 4.78 is 18.3. The molecule has 1 aromatic heterocycles. The molecule has 1 aliphatic heterocycles. The molecule has 224 valence electrons. The third-order valence-electron chi connectivity index (χ3n) is 9.12. The molecule has 10 nitrogen and oxygen atoms in total. The van der Waals surface area contributed by atoms with E-state index in [1.165, 1.54) is 48.3 Å². The number of methoxy groups -OCH3 is 1. The molecule has 0 spiro atoms. The average Bonchev–Trinajstić information content (AvgIpc) is 3.73. The molecule has 0 unspecified atom stereocenters. The van der Waals surface area contributed by atoms with Crippen LogP contribution in [0, 0.1) is 11.8 Å². The van der Waals surface area contributed by atoms with E-state index in [1.54, 1.807) is 6.07 Å². The minimum Gasteiger partial charge on any atom is -0.473 e. The number of esters is 1. The predicted octanol–water partition coefficient (Wildman–Crippen LogP) is 2.83. The fourth-order valence-electron chi connectivity index (χ4n) is 6.73. The van der Waals surface area contributed by atoms with Gasteiger partial charge in [-0.05, 0) is 75.2 Å². The third kappa shape index (κ3) is 8.07. The van der Waals surface area contributed by atoms with E-state index >= 15 is 0 Å². The van der Waals surface area contributed by atoms with E-state index in [9.17, 15) is 19.2 Å². The topological polar surface area (TPSA) is 116 Å². The van der Waals surface area contributed by atoms with Gasteiger partial charge >= 0.3 is 12.1 Å². The monoisotopic (exact) mass is 569 g/mol. The highest BCUT2D eigenvalue weighted by molar-refractivity contribution is 6.31. The van der Waals surface area contributed by atoms with Crippen molar-refractivity contribution in [1.29, 1.82) is 0 Å². The number of rotatable bonds is 13. The van der Waals surface area contributed by atoms with E-state index < -0.39 is 18.1 Å². The molecule has 11 heteroatoms. The fraction of sp³-hybridized carbons (Fsp3) is 0.733.